The van der Waals surface area contributed by atoms with Crippen LogP contribution in [-0.4, -0.2) is 47.6 Å². The maximum Gasteiger partial charge on any atom is 0.237 e. The van der Waals surface area contributed by atoms with E-state index in [-0.39, 0.29) is 18.6 Å². The average Bonchev–Trinajstić information content (AvgIpc) is 2.86. The van der Waals surface area contributed by atoms with Gasteiger partial charge in [0.2, 0.25) is 5.91 Å². The third kappa shape index (κ3) is 10.4. The largest absolute Gasteiger partial charge is 0.394 e. The Morgan fingerprint density at radius 1 is 1.09 bits per heavy atom. The molecule has 0 bridgehead atoms. The number of aliphatic hydroxyl groups is 2. The fourth-order valence-electron chi connectivity index (χ4n) is 4.74. The van der Waals surface area contributed by atoms with Gasteiger partial charge >= 0.3 is 0 Å². The van der Waals surface area contributed by atoms with Gasteiger partial charge in [-0.1, -0.05) is 83.3 Å². The van der Waals surface area contributed by atoms with E-state index in [1.807, 2.05) is 30.5 Å². The van der Waals surface area contributed by atoms with Crippen LogP contribution in [0.25, 0.3) is 0 Å². The molecule has 1 aromatic carbocycles. The van der Waals surface area contributed by atoms with Crippen LogP contribution in [-0.2, 0) is 4.79 Å². The number of hydrogen-bond acceptors (Lipinski definition) is 5. The highest BCUT2D eigenvalue weighted by molar-refractivity contribution is 7.98. The van der Waals surface area contributed by atoms with Gasteiger partial charge in [0, 0.05) is 4.90 Å². The van der Waals surface area contributed by atoms with Crippen molar-refractivity contribution in [3.05, 3.63) is 29.8 Å². The van der Waals surface area contributed by atoms with Crippen LogP contribution in [0.5, 0.6) is 0 Å². The smallest absolute Gasteiger partial charge is 0.237 e. The van der Waals surface area contributed by atoms with E-state index in [1.54, 1.807) is 11.8 Å². The Labute approximate surface area is 205 Å². The Bertz CT molecular complexity index is 655. The molecular formula is C27H46N2O3S. The second-order valence-corrected chi connectivity index (χ2v) is 10.4. The van der Waals surface area contributed by atoms with Gasteiger partial charge in [-0.2, -0.15) is 0 Å². The van der Waals surface area contributed by atoms with Crippen molar-refractivity contribution in [2.45, 2.75) is 107 Å². The molecule has 0 aromatic heterocycles. The molecule has 2 rings (SSSR count). The molecule has 0 saturated carbocycles. The minimum atomic E-state index is -0.934. The van der Waals surface area contributed by atoms with Crippen molar-refractivity contribution in [1.82, 2.24) is 10.6 Å². The first-order chi connectivity index (χ1) is 16.1. The van der Waals surface area contributed by atoms with E-state index in [4.69, 9.17) is 0 Å². The molecule has 1 aliphatic rings. The van der Waals surface area contributed by atoms with Crippen molar-refractivity contribution in [3.8, 4) is 0 Å². The summed E-state index contributed by atoms with van der Waals surface area (Å²) in [6, 6.07) is 6.63. The van der Waals surface area contributed by atoms with E-state index in [9.17, 15) is 15.0 Å². The van der Waals surface area contributed by atoms with Crippen molar-refractivity contribution >= 4 is 17.7 Å². The Morgan fingerprint density at radius 3 is 2.33 bits per heavy atom. The zero-order valence-electron chi connectivity index (χ0n) is 20.7. The van der Waals surface area contributed by atoms with Gasteiger partial charge in [-0.15, -0.1) is 11.8 Å². The molecule has 5 nitrogen and oxygen atoms in total. The maximum absolute atomic E-state index is 12.9. The molecular weight excluding hydrogens is 432 g/mol. The van der Waals surface area contributed by atoms with Gasteiger partial charge in [0.05, 0.1) is 18.7 Å². The lowest BCUT2D eigenvalue weighted by molar-refractivity contribution is -0.126. The van der Waals surface area contributed by atoms with Gasteiger partial charge in [0.1, 0.15) is 6.10 Å². The van der Waals surface area contributed by atoms with Crippen LogP contribution in [0.3, 0.4) is 0 Å². The molecule has 1 heterocycles. The second-order valence-electron chi connectivity index (χ2n) is 9.53. The molecule has 4 N–H and O–H groups in total. The lowest BCUT2D eigenvalue weighted by atomic mass is 9.87. The molecule has 188 valence electrons. The zero-order chi connectivity index (χ0) is 23.9. The SMILES string of the molecule is CCCCCCCCCCC[C@H]1CCN[C@@H](C(=O)N[C@@H](CO)[C@@H](O)c2ccc(SC)cc2)C1. The standard InChI is InChI=1S/C27H46N2O3S/c1-3-4-5-6-7-8-9-10-11-12-21-17-18-28-24(19-21)27(32)29-25(20-30)26(31)22-13-15-23(33-2)16-14-22/h13-16,21,24-26,28,30-31H,3-12,17-20H2,1-2H3,(H,29,32)/t21-,24+,25-,26-/m0/s1. The van der Waals surface area contributed by atoms with Crippen LogP contribution in [0.2, 0.25) is 0 Å². The van der Waals surface area contributed by atoms with E-state index in [1.165, 1.54) is 64.2 Å². The Balaban J connectivity index is 1.70. The lowest BCUT2D eigenvalue weighted by Crippen LogP contribution is -2.53. The van der Waals surface area contributed by atoms with Crippen LogP contribution < -0.4 is 10.6 Å². The number of unbranched alkanes of at least 4 members (excludes halogenated alkanes) is 8. The molecule has 33 heavy (non-hydrogen) atoms. The highest BCUT2D eigenvalue weighted by atomic mass is 32.2. The normalized spacial score (nSPS) is 20.4. The third-order valence-electron chi connectivity index (χ3n) is 6.91. The van der Waals surface area contributed by atoms with Crippen molar-refractivity contribution in [2.24, 2.45) is 5.92 Å². The molecule has 0 radical (unpaired) electrons. The number of benzene rings is 1. The maximum atomic E-state index is 12.9. The number of carbonyl (C=O) groups is 1. The van der Waals surface area contributed by atoms with Crippen LogP contribution in [0.1, 0.15) is 95.6 Å². The number of amides is 1. The van der Waals surface area contributed by atoms with Crippen molar-refractivity contribution in [3.63, 3.8) is 0 Å². The van der Waals surface area contributed by atoms with E-state index in [0.29, 0.717) is 11.5 Å². The van der Waals surface area contributed by atoms with Gasteiger partial charge in [-0.05, 0) is 49.3 Å². The van der Waals surface area contributed by atoms with Gasteiger partial charge in [-0.25, -0.2) is 0 Å². The number of thioether (sulfide) groups is 1. The number of piperidine rings is 1. The number of carbonyl (C=O) groups excluding carboxylic acids is 1. The van der Waals surface area contributed by atoms with Gasteiger partial charge in [0.25, 0.3) is 0 Å². The summed E-state index contributed by atoms with van der Waals surface area (Å²) in [4.78, 5) is 14.0. The number of hydrogen-bond donors (Lipinski definition) is 4. The Hall–Kier alpha value is -1.08. The summed E-state index contributed by atoms with van der Waals surface area (Å²) in [7, 11) is 0. The van der Waals surface area contributed by atoms with Crippen LogP contribution in [0.15, 0.2) is 29.2 Å². The summed E-state index contributed by atoms with van der Waals surface area (Å²) in [5.41, 5.74) is 0.701. The van der Waals surface area contributed by atoms with Crippen molar-refractivity contribution in [2.75, 3.05) is 19.4 Å². The summed E-state index contributed by atoms with van der Waals surface area (Å²) < 4.78 is 0. The zero-order valence-corrected chi connectivity index (χ0v) is 21.5. The van der Waals surface area contributed by atoms with Crippen LogP contribution in [0.4, 0.5) is 0 Å². The fraction of sp³-hybridized carbons (Fsp3) is 0.741. The predicted octanol–water partition coefficient (Wildman–Crippen LogP) is 5.21. The monoisotopic (exact) mass is 478 g/mol. The molecule has 6 heteroatoms. The third-order valence-corrected chi connectivity index (χ3v) is 7.65. The van der Waals surface area contributed by atoms with Crippen molar-refractivity contribution < 1.29 is 15.0 Å². The van der Waals surface area contributed by atoms with E-state index < -0.39 is 12.1 Å². The summed E-state index contributed by atoms with van der Waals surface area (Å²) in [6.07, 6.45) is 16.2. The molecule has 4 atom stereocenters. The Morgan fingerprint density at radius 2 is 1.73 bits per heavy atom. The molecule has 1 fully saturated rings. The first-order valence-electron chi connectivity index (χ1n) is 13.1. The second kappa shape index (κ2) is 16.5. The molecule has 0 spiro atoms. The first kappa shape index (κ1) is 28.2. The van der Waals surface area contributed by atoms with Crippen LogP contribution in [0, 0.1) is 5.92 Å². The molecule has 1 aliphatic heterocycles. The van der Waals surface area contributed by atoms with E-state index in [2.05, 4.69) is 17.6 Å². The van der Waals surface area contributed by atoms with Gasteiger partial charge < -0.3 is 20.8 Å². The summed E-state index contributed by atoms with van der Waals surface area (Å²) in [6.45, 7) is 2.81. The molecule has 1 aromatic rings. The molecule has 0 unspecified atom stereocenters. The van der Waals surface area contributed by atoms with Crippen LogP contribution >= 0.6 is 11.8 Å². The summed E-state index contributed by atoms with van der Waals surface area (Å²) in [5, 5.41) is 26.7. The quantitative estimate of drug-likeness (QED) is 0.194. The highest BCUT2D eigenvalue weighted by Crippen LogP contribution is 2.25. The highest BCUT2D eigenvalue weighted by Gasteiger charge is 2.30. The van der Waals surface area contributed by atoms with Crippen molar-refractivity contribution in [1.29, 1.82) is 0 Å². The number of aliphatic hydroxyl groups excluding tert-OH is 2. The van der Waals surface area contributed by atoms with Gasteiger partial charge in [-0.3, -0.25) is 4.79 Å². The lowest BCUT2D eigenvalue weighted by Gasteiger charge is -2.31. The molecule has 1 amide bonds. The summed E-state index contributed by atoms with van der Waals surface area (Å²) in [5.74, 6) is 0.453. The summed E-state index contributed by atoms with van der Waals surface area (Å²) >= 11 is 1.64. The number of nitrogens with one attached hydrogen (secondary N) is 2. The van der Waals surface area contributed by atoms with Gasteiger partial charge in [0.15, 0.2) is 0 Å². The average molecular weight is 479 g/mol. The minimum Gasteiger partial charge on any atom is -0.394 e. The van der Waals surface area contributed by atoms with E-state index in [0.717, 1.165) is 24.3 Å². The topological polar surface area (TPSA) is 81.6 Å². The van der Waals surface area contributed by atoms with E-state index >= 15 is 0 Å². The fourth-order valence-corrected chi connectivity index (χ4v) is 5.15. The molecule has 0 aliphatic carbocycles. The predicted molar refractivity (Wildman–Crippen MR) is 139 cm³/mol. The first-order valence-corrected chi connectivity index (χ1v) is 14.3. The number of rotatable bonds is 16. The minimum absolute atomic E-state index is 0.120. The molecule has 1 saturated heterocycles. The Kier molecular flexibility index (Phi) is 14.1.